The summed E-state index contributed by atoms with van der Waals surface area (Å²) in [5.74, 6) is 0. The van der Waals surface area contributed by atoms with Crippen LogP contribution in [0.15, 0.2) is 47.4 Å². The van der Waals surface area contributed by atoms with Crippen LogP contribution in [-0.2, 0) is 10.0 Å². The summed E-state index contributed by atoms with van der Waals surface area (Å²) in [7, 11) is -3.55. The molecule has 0 bridgehead atoms. The Kier molecular flexibility index (Phi) is 4.75. The number of hydrogen-bond acceptors (Lipinski definition) is 3. The van der Waals surface area contributed by atoms with E-state index in [1.807, 2.05) is 37.3 Å². The van der Waals surface area contributed by atoms with Crippen molar-refractivity contribution in [3.05, 3.63) is 42.5 Å². The molecular formula is C15H20N2O2S. The highest BCUT2D eigenvalue weighted by molar-refractivity contribution is 7.89. The summed E-state index contributed by atoms with van der Waals surface area (Å²) in [6.07, 6.45) is 1.63. The zero-order chi connectivity index (χ0) is 14.6. The fraction of sp³-hybridized carbons (Fsp3) is 0.333. The zero-order valence-corrected chi connectivity index (χ0v) is 12.4. The molecule has 0 heterocycles. The highest BCUT2D eigenvalue weighted by Crippen LogP contribution is 2.22. The lowest BCUT2D eigenvalue weighted by Gasteiger charge is -2.17. The summed E-state index contributed by atoms with van der Waals surface area (Å²) < 4.78 is 27.7. The van der Waals surface area contributed by atoms with Crippen LogP contribution in [0.4, 0.5) is 0 Å². The van der Waals surface area contributed by atoms with Gasteiger partial charge in [-0.05, 0) is 17.9 Å². The van der Waals surface area contributed by atoms with E-state index >= 15 is 0 Å². The molecule has 0 saturated heterocycles. The van der Waals surface area contributed by atoms with E-state index in [1.165, 1.54) is 0 Å². The van der Waals surface area contributed by atoms with Gasteiger partial charge in [0.1, 0.15) is 0 Å². The third kappa shape index (κ3) is 3.17. The fourth-order valence-electron chi connectivity index (χ4n) is 2.29. The van der Waals surface area contributed by atoms with E-state index < -0.39 is 10.0 Å². The van der Waals surface area contributed by atoms with Gasteiger partial charge in [-0.25, -0.2) is 13.1 Å². The van der Waals surface area contributed by atoms with Crippen molar-refractivity contribution < 1.29 is 8.42 Å². The molecular weight excluding hydrogens is 272 g/mol. The summed E-state index contributed by atoms with van der Waals surface area (Å²) >= 11 is 0. The molecule has 1 atom stereocenters. The smallest absolute Gasteiger partial charge is 0.241 e. The second kappa shape index (κ2) is 6.35. The lowest BCUT2D eigenvalue weighted by atomic mass is 10.1. The molecule has 20 heavy (non-hydrogen) atoms. The maximum atomic E-state index is 12.5. The molecule has 0 aromatic heterocycles. The first kappa shape index (κ1) is 15.0. The van der Waals surface area contributed by atoms with Crippen molar-refractivity contribution in [2.45, 2.75) is 30.7 Å². The van der Waals surface area contributed by atoms with Gasteiger partial charge >= 0.3 is 0 Å². The van der Waals surface area contributed by atoms with Crippen LogP contribution in [0.2, 0.25) is 0 Å². The molecule has 4 nitrogen and oxygen atoms in total. The molecule has 0 aliphatic rings. The molecule has 2 rings (SSSR count). The summed E-state index contributed by atoms with van der Waals surface area (Å²) in [6.45, 7) is 2.31. The van der Waals surface area contributed by atoms with Crippen molar-refractivity contribution >= 4 is 20.8 Å². The lowest BCUT2D eigenvalue weighted by molar-refractivity contribution is 0.527. The van der Waals surface area contributed by atoms with E-state index in [-0.39, 0.29) is 6.04 Å². The van der Waals surface area contributed by atoms with Crippen molar-refractivity contribution in [3.63, 3.8) is 0 Å². The largest absolute Gasteiger partial charge is 0.329 e. The molecule has 0 fully saturated rings. The summed E-state index contributed by atoms with van der Waals surface area (Å²) in [5.41, 5.74) is 5.63. The first-order valence-electron chi connectivity index (χ1n) is 6.78. The molecule has 2 aromatic rings. The minimum absolute atomic E-state index is 0.219. The third-order valence-electron chi connectivity index (χ3n) is 3.28. The summed E-state index contributed by atoms with van der Waals surface area (Å²) in [6, 6.07) is 12.5. The maximum absolute atomic E-state index is 12.5. The van der Waals surface area contributed by atoms with Crippen LogP contribution in [0.1, 0.15) is 19.8 Å². The van der Waals surface area contributed by atoms with Crippen LogP contribution < -0.4 is 10.5 Å². The number of nitrogens with one attached hydrogen (secondary N) is 1. The first-order valence-corrected chi connectivity index (χ1v) is 8.27. The number of hydrogen-bond donors (Lipinski definition) is 2. The monoisotopic (exact) mass is 292 g/mol. The Bertz CT molecular complexity index is 678. The predicted octanol–water partition coefficient (Wildman–Crippen LogP) is 2.25. The molecule has 108 valence electrons. The van der Waals surface area contributed by atoms with Gasteiger partial charge in [0.2, 0.25) is 10.0 Å². The number of benzene rings is 2. The molecule has 1 unspecified atom stereocenters. The molecule has 0 aliphatic carbocycles. The van der Waals surface area contributed by atoms with Crippen LogP contribution in [0.3, 0.4) is 0 Å². The van der Waals surface area contributed by atoms with Gasteiger partial charge in [-0.15, -0.1) is 0 Å². The third-order valence-corrected chi connectivity index (χ3v) is 4.86. The maximum Gasteiger partial charge on any atom is 0.241 e. The van der Waals surface area contributed by atoms with Gasteiger partial charge in [0.05, 0.1) is 4.90 Å². The normalized spacial score (nSPS) is 13.5. The highest BCUT2D eigenvalue weighted by atomic mass is 32.2. The van der Waals surface area contributed by atoms with Crippen LogP contribution in [0.5, 0.6) is 0 Å². The number of fused-ring (bicyclic) bond motifs is 1. The lowest BCUT2D eigenvalue weighted by Crippen LogP contribution is -2.40. The van der Waals surface area contributed by atoms with Crippen LogP contribution in [0.25, 0.3) is 10.8 Å². The SMILES string of the molecule is CCCC(CN)NS(=O)(=O)c1cccc2ccccc12. The van der Waals surface area contributed by atoms with Gasteiger partial charge in [-0.3, -0.25) is 0 Å². The molecule has 0 spiro atoms. The van der Waals surface area contributed by atoms with Crippen molar-refractivity contribution in [3.8, 4) is 0 Å². The van der Waals surface area contributed by atoms with Gasteiger partial charge < -0.3 is 5.73 Å². The van der Waals surface area contributed by atoms with Crippen LogP contribution in [0, 0.1) is 0 Å². The van der Waals surface area contributed by atoms with Gasteiger partial charge in [0.15, 0.2) is 0 Å². The first-order chi connectivity index (χ1) is 9.58. The minimum Gasteiger partial charge on any atom is -0.329 e. The minimum atomic E-state index is -3.55. The Labute approximate surface area is 120 Å². The molecule has 0 radical (unpaired) electrons. The van der Waals surface area contributed by atoms with E-state index in [0.29, 0.717) is 11.4 Å². The van der Waals surface area contributed by atoms with E-state index in [4.69, 9.17) is 5.73 Å². The number of sulfonamides is 1. The van der Waals surface area contributed by atoms with Gasteiger partial charge in [0.25, 0.3) is 0 Å². The summed E-state index contributed by atoms with van der Waals surface area (Å²) in [5, 5.41) is 1.64. The average molecular weight is 292 g/mol. The average Bonchev–Trinajstić information content (AvgIpc) is 2.46. The van der Waals surface area contributed by atoms with Gasteiger partial charge in [-0.1, -0.05) is 49.7 Å². The topological polar surface area (TPSA) is 72.2 Å². The van der Waals surface area contributed by atoms with Crippen LogP contribution >= 0.6 is 0 Å². The quantitative estimate of drug-likeness (QED) is 0.857. The Balaban J connectivity index is 2.41. The van der Waals surface area contributed by atoms with E-state index in [9.17, 15) is 8.42 Å². The van der Waals surface area contributed by atoms with Gasteiger partial charge in [0, 0.05) is 18.0 Å². The number of nitrogens with two attached hydrogens (primary N) is 1. The Hall–Kier alpha value is -1.43. The van der Waals surface area contributed by atoms with Crippen LogP contribution in [-0.4, -0.2) is 21.0 Å². The van der Waals surface area contributed by atoms with E-state index in [0.717, 1.165) is 23.6 Å². The summed E-state index contributed by atoms with van der Waals surface area (Å²) in [4.78, 5) is 0.310. The fourth-order valence-corrected chi connectivity index (χ4v) is 3.80. The molecule has 3 N–H and O–H groups in total. The van der Waals surface area contributed by atoms with Crippen molar-refractivity contribution in [1.82, 2.24) is 4.72 Å². The molecule has 0 saturated carbocycles. The second-order valence-corrected chi connectivity index (χ2v) is 6.50. The predicted molar refractivity (Wildman–Crippen MR) is 82.0 cm³/mol. The van der Waals surface area contributed by atoms with E-state index in [2.05, 4.69) is 4.72 Å². The Morgan fingerprint density at radius 2 is 1.85 bits per heavy atom. The molecule has 5 heteroatoms. The van der Waals surface area contributed by atoms with Crippen molar-refractivity contribution in [1.29, 1.82) is 0 Å². The van der Waals surface area contributed by atoms with Crippen molar-refractivity contribution in [2.75, 3.05) is 6.54 Å². The van der Waals surface area contributed by atoms with Crippen molar-refractivity contribution in [2.24, 2.45) is 5.73 Å². The molecule has 0 amide bonds. The Morgan fingerprint density at radius 1 is 1.15 bits per heavy atom. The molecule has 2 aromatic carbocycles. The zero-order valence-electron chi connectivity index (χ0n) is 11.5. The molecule has 0 aliphatic heterocycles. The van der Waals surface area contributed by atoms with E-state index in [1.54, 1.807) is 12.1 Å². The Morgan fingerprint density at radius 3 is 2.55 bits per heavy atom. The standard InChI is InChI=1S/C15H20N2O2S/c1-2-6-13(11-16)17-20(18,19)15-10-5-8-12-7-3-4-9-14(12)15/h3-5,7-10,13,17H,2,6,11,16H2,1H3. The highest BCUT2D eigenvalue weighted by Gasteiger charge is 2.20. The number of rotatable bonds is 6. The second-order valence-electron chi connectivity index (χ2n) is 4.82. The van der Waals surface area contributed by atoms with Gasteiger partial charge in [-0.2, -0.15) is 0 Å².